The smallest absolute Gasteiger partial charge is 0.0821 e. The van der Waals surface area contributed by atoms with Crippen molar-refractivity contribution >= 4 is 11.8 Å². The van der Waals surface area contributed by atoms with E-state index in [4.69, 9.17) is 5.21 Å². The molecule has 0 aliphatic heterocycles. The summed E-state index contributed by atoms with van der Waals surface area (Å²) in [6.45, 7) is 3.98. The molecule has 0 radical (unpaired) electrons. The van der Waals surface area contributed by atoms with Gasteiger partial charge in [0.05, 0.1) is 5.71 Å². The Hall–Kier alpha value is -1.57. The summed E-state index contributed by atoms with van der Waals surface area (Å²) >= 11 is 0. The molecule has 2 heteroatoms. The van der Waals surface area contributed by atoms with Crippen molar-refractivity contribution in [3.05, 3.63) is 42.0 Å². The van der Waals surface area contributed by atoms with Crippen molar-refractivity contribution in [2.45, 2.75) is 13.8 Å². The van der Waals surface area contributed by atoms with Gasteiger partial charge in [-0.1, -0.05) is 55.4 Å². The Labute approximate surface area is 84.6 Å². The summed E-state index contributed by atoms with van der Waals surface area (Å²) in [6, 6.07) is 9.94. The summed E-state index contributed by atoms with van der Waals surface area (Å²) in [5.74, 6) is 0.236. The van der Waals surface area contributed by atoms with Crippen molar-refractivity contribution in [3.8, 4) is 0 Å². The number of hydrogen-bond acceptors (Lipinski definition) is 2. The van der Waals surface area contributed by atoms with E-state index >= 15 is 0 Å². The molecule has 0 saturated carbocycles. The van der Waals surface area contributed by atoms with Gasteiger partial charge in [0.1, 0.15) is 0 Å². The van der Waals surface area contributed by atoms with Gasteiger partial charge < -0.3 is 5.21 Å². The van der Waals surface area contributed by atoms with Gasteiger partial charge in [0.15, 0.2) is 0 Å². The fourth-order valence-electron chi connectivity index (χ4n) is 1.09. The zero-order chi connectivity index (χ0) is 10.4. The lowest BCUT2D eigenvalue weighted by atomic mass is 10.1. The van der Waals surface area contributed by atoms with Crippen LogP contribution in [0.1, 0.15) is 19.4 Å². The van der Waals surface area contributed by atoms with Crippen LogP contribution < -0.4 is 0 Å². The van der Waals surface area contributed by atoms with Crippen LogP contribution in [0.25, 0.3) is 6.08 Å². The molecule has 0 atom stereocenters. The molecule has 0 aliphatic carbocycles. The van der Waals surface area contributed by atoms with Crippen LogP contribution in [0, 0.1) is 5.92 Å². The van der Waals surface area contributed by atoms with Crippen LogP contribution in [0.3, 0.4) is 0 Å². The summed E-state index contributed by atoms with van der Waals surface area (Å²) in [7, 11) is 0. The van der Waals surface area contributed by atoms with Crippen LogP contribution in [-0.4, -0.2) is 10.9 Å². The maximum Gasteiger partial charge on any atom is 0.0821 e. The highest BCUT2D eigenvalue weighted by Crippen LogP contribution is 2.04. The third kappa shape index (κ3) is 3.05. The topological polar surface area (TPSA) is 32.6 Å². The molecule has 0 saturated heterocycles. The molecular formula is C12H15NO. The Bertz CT molecular complexity index is 325. The summed E-state index contributed by atoms with van der Waals surface area (Å²) in [5, 5.41) is 11.9. The predicted octanol–water partition coefficient (Wildman–Crippen LogP) is 3.19. The zero-order valence-corrected chi connectivity index (χ0v) is 8.51. The fourth-order valence-corrected chi connectivity index (χ4v) is 1.09. The lowest BCUT2D eigenvalue weighted by Gasteiger charge is -2.01. The van der Waals surface area contributed by atoms with E-state index in [1.165, 1.54) is 0 Å². The van der Waals surface area contributed by atoms with Gasteiger partial charge in [-0.3, -0.25) is 0 Å². The highest BCUT2D eigenvalue weighted by Gasteiger charge is 2.00. The second kappa shape index (κ2) is 5.22. The summed E-state index contributed by atoms with van der Waals surface area (Å²) in [4.78, 5) is 0. The van der Waals surface area contributed by atoms with Gasteiger partial charge in [-0.25, -0.2) is 0 Å². The quantitative estimate of drug-likeness (QED) is 0.442. The molecule has 0 fully saturated rings. The number of hydrogen-bond donors (Lipinski definition) is 1. The molecule has 74 valence electrons. The van der Waals surface area contributed by atoms with Gasteiger partial charge in [0.2, 0.25) is 0 Å². The van der Waals surface area contributed by atoms with Crippen molar-refractivity contribution in [3.63, 3.8) is 0 Å². The second-order valence-electron chi connectivity index (χ2n) is 3.42. The van der Waals surface area contributed by atoms with E-state index in [0.717, 1.165) is 5.56 Å². The molecule has 0 bridgehead atoms. The van der Waals surface area contributed by atoms with Crippen LogP contribution in [0.4, 0.5) is 0 Å². The largest absolute Gasteiger partial charge is 0.411 e. The number of rotatable bonds is 3. The number of nitrogens with zero attached hydrogens (tertiary/aromatic N) is 1. The molecule has 1 N–H and O–H groups in total. The van der Waals surface area contributed by atoms with E-state index in [0.29, 0.717) is 5.71 Å². The monoisotopic (exact) mass is 189 g/mol. The zero-order valence-electron chi connectivity index (χ0n) is 8.51. The van der Waals surface area contributed by atoms with Gasteiger partial charge in [0.25, 0.3) is 0 Å². The number of allylic oxidation sites excluding steroid dienone is 1. The third-order valence-corrected chi connectivity index (χ3v) is 1.95. The SMILES string of the molecule is CC(C)C(C=Cc1ccccc1)=NO. The lowest BCUT2D eigenvalue weighted by Crippen LogP contribution is -2.02. The molecule has 0 aliphatic rings. The number of benzene rings is 1. The Kier molecular flexibility index (Phi) is 3.92. The highest BCUT2D eigenvalue weighted by atomic mass is 16.4. The van der Waals surface area contributed by atoms with E-state index < -0.39 is 0 Å². The van der Waals surface area contributed by atoms with Gasteiger partial charge in [-0.15, -0.1) is 0 Å². The first kappa shape index (κ1) is 10.5. The minimum Gasteiger partial charge on any atom is -0.411 e. The molecule has 0 aromatic heterocycles. The lowest BCUT2D eigenvalue weighted by molar-refractivity contribution is 0.316. The average molecular weight is 189 g/mol. The second-order valence-corrected chi connectivity index (χ2v) is 3.42. The molecular weight excluding hydrogens is 174 g/mol. The van der Waals surface area contributed by atoms with Gasteiger partial charge in [-0.2, -0.15) is 0 Å². The highest BCUT2D eigenvalue weighted by molar-refractivity contribution is 5.99. The maximum atomic E-state index is 8.71. The molecule has 1 aromatic rings. The van der Waals surface area contributed by atoms with Gasteiger partial charge in [0, 0.05) is 0 Å². The molecule has 14 heavy (non-hydrogen) atoms. The van der Waals surface area contributed by atoms with E-state index in [-0.39, 0.29) is 5.92 Å². The fraction of sp³-hybridized carbons (Fsp3) is 0.250. The maximum absolute atomic E-state index is 8.71. The molecule has 2 nitrogen and oxygen atoms in total. The Morgan fingerprint density at radius 2 is 1.93 bits per heavy atom. The molecule has 0 spiro atoms. The molecule has 0 heterocycles. The van der Waals surface area contributed by atoms with E-state index in [2.05, 4.69) is 5.16 Å². The van der Waals surface area contributed by atoms with Crippen molar-refractivity contribution in [1.82, 2.24) is 0 Å². The normalized spacial score (nSPS) is 12.6. The van der Waals surface area contributed by atoms with E-state index in [1.807, 2.05) is 56.3 Å². The van der Waals surface area contributed by atoms with Crippen molar-refractivity contribution in [1.29, 1.82) is 0 Å². The third-order valence-electron chi connectivity index (χ3n) is 1.95. The van der Waals surface area contributed by atoms with Crippen LogP contribution in [0.2, 0.25) is 0 Å². The Morgan fingerprint density at radius 1 is 1.29 bits per heavy atom. The van der Waals surface area contributed by atoms with Gasteiger partial charge >= 0.3 is 0 Å². The summed E-state index contributed by atoms with van der Waals surface area (Å²) < 4.78 is 0. The van der Waals surface area contributed by atoms with Crippen LogP contribution in [-0.2, 0) is 0 Å². The molecule has 0 unspecified atom stereocenters. The predicted molar refractivity (Wildman–Crippen MR) is 59.5 cm³/mol. The van der Waals surface area contributed by atoms with Crippen molar-refractivity contribution in [2.75, 3.05) is 0 Å². The van der Waals surface area contributed by atoms with Crippen LogP contribution in [0.5, 0.6) is 0 Å². The van der Waals surface area contributed by atoms with Gasteiger partial charge in [-0.05, 0) is 17.6 Å². The minimum atomic E-state index is 0.236. The Balaban J connectivity index is 2.73. The van der Waals surface area contributed by atoms with E-state index in [9.17, 15) is 0 Å². The molecule has 1 rings (SSSR count). The Morgan fingerprint density at radius 3 is 2.43 bits per heavy atom. The van der Waals surface area contributed by atoms with E-state index in [1.54, 1.807) is 0 Å². The first-order chi connectivity index (χ1) is 6.74. The summed E-state index contributed by atoms with van der Waals surface area (Å²) in [5.41, 5.74) is 1.79. The first-order valence-electron chi connectivity index (χ1n) is 4.69. The minimum absolute atomic E-state index is 0.236. The molecule has 0 amide bonds. The van der Waals surface area contributed by atoms with Crippen molar-refractivity contribution in [2.24, 2.45) is 11.1 Å². The van der Waals surface area contributed by atoms with Crippen molar-refractivity contribution < 1.29 is 5.21 Å². The van der Waals surface area contributed by atoms with Crippen LogP contribution >= 0.6 is 0 Å². The average Bonchev–Trinajstić information content (AvgIpc) is 2.20. The number of oxime groups is 1. The molecule has 1 aromatic carbocycles. The first-order valence-corrected chi connectivity index (χ1v) is 4.69. The standard InChI is InChI=1S/C12H15NO/c1-10(2)12(13-14)9-8-11-6-4-3-5-7-11/h3-10,14H,1-2H3. The van der Waals surface area contributed by atoms with Crippen LogP contribution in [0.15, 0.2) is 41.6 Å². The summed E-state index contributed by atoms with van der Waals surface area (Å²) in [6.07, 6.45) is 3.77.